The first-order valence-corrected chi connectivity index (χ1v) is 13.0. The van der Waals surface area contributed by atoms with Gasteiger partial charge in [-0.3, -0.25) is 9.88 Å². The van der Waals surface area contributed by atoms with Crippen LogP contribution in [0.15, 0.2) is 42.7 Å². The van der Waals surface area contributed by atoms with Crippen LogP contribution in [0.25, 0.3) is 0 Å². The number of piperidine rings is 1. The summed E-state index contributed by atoms with van der Waals surface area (Å²) in [6.07, 6.45) is 12.4. The van der Waals surface area contributed by atoms with E-state index in [1.165, 1.54) is 29.5 Å². The van der Waals surface area contributed by atoms with E-state index < -0.39 is 5.60 Å². The molecule has 2 aliphatic carbocycles. The number of hydrogen-bond acceptors (Lipinski definition) is 5. The van der Waals surface area contributed by atoms with Gasteiger partial charge in [0, 0.05) is 36.9 Å². The fourth-order valence-electron chi connectivity index (χ4n) is 7.19. The zero-order chi connectivity index (χ0) is 22.5. The zero-order valence-electron chi connectivity index (χ0n) is 19.6. The highest BCUT2D eigenvalue weighted by atomic mass is 16.3. The number of hydrogen-bond donors (Lipinski definition) is 2. The van der Waals surface area contributed by atoms with E-state index in [1.807, 2.05) is 30.6 Å². The van der Waals surface area contributed by atoms with Crippen molar-refractivity contribution >= 4 is 0 Å². The Labute approximate surface area is 197 Å². The van der Waals surface area contributed by atoms with Crippen LogP contribution in [0, 0.1) is 5.92 Å². The summed E-state index contributed by atoms with van der Waals surface area (Å²) in [5.41, 5.74) is 2.90. The molecule has 0 radical (unpaired) electrons. The first kappa shape index (κ1) is 21.6. The standard InChI is InChI=1S/C28H37N3O2/c32-24-8-7-23-17-26-28(33)11-15-30(13-2-4-21-3-1-12-29-19-21)14-9-27(28,25(23)18-24)10-16-31(26)20-22-5-6-22/h1,3,7-8,12,18-19,22,26,32-33H,2,4-6,9-11,13-17,20H2/t26-,27+,28-/m1/s1. The van der Waals surface area contributed by atoms with Crippen LogP contribution in [-0.2, 0) is 18.3 Å². The molecule has 1 aromatic heterocycles. The van der Waals surface area contributed by atoms with Gasteiger partial charge < -0.3 is 15.1 Å². The highest BCUT2D eigenvalue weighted by Gasteiger charge is 2.63. The van der Waals surface area contributed by atoms with Crippen molar-refractivity contribution in [3.05, 3.63) is 59.4 Å². The van der Waals surface area contributed by atoms with Gasteiger partial charge in [0.05, 0.1) is 5.60 Å². The van der Waals surface area contributed by atoms with Gasteiger partial charge in [-0.05, 0) is 112 Å². The number of rotatable bonds is 6. The van der Waals surface area contributed by atoms with Gasteiger partial charge in [-0.15, -0.1) is 0 Å². The molecule has 4 aliphatic rings. The molecule has 2 saturated heterocycles. The molecule has 176 valence electrons. The zero-order valence-corrected chi connectivity index (χ0v) is 19.6. The number of aromatic nitrogens is 1. The number of aliphatic hydroxyl groups is 1. The van der Waals surface area contributed by atoms with Gasteiger partial charge >= 0.3 is 0 Å². The van der Waals surface area contributed by atoms with Crippen molar-refractivity contribution in [1.29, 1.82) is 0 Å². The molecule has 1 aromatic carbocycles. The van der Waals surface area contributed by atoms with E-state index in [-0.39, 0.29) is 11.5 Å². The van der Waals surface area contributed by atoms with E-state index in [1.54, 1.807) is 0 Å². The summed E-state index contributed by atoms with van der Waals surface area (Å²) >= 11 is 0. The largest absolute Gasteiger partial charge is 0.508 e. The molecule has 2 bridgehead atoms. The Kier molecular flexibility index (Phi) is 5.47. The van der Waals surface area contributed by atoms with Crippen LogP contribution in [-0.4, -0.2) is 69.4 Å². The third-order valence-corrected chi connectivity index (χ3v) is 9.19. The van der Waals surface area contributed by atoms with Crippen LogP contribution >= 0.6 is 0 Å². The molecule has 6 rings (SSSR count). The molecule has 2 aliphatic heterocycles. The monoisotopic (exact) mass is 447 g/mol. The van der Waals surface area contributed by atoms with E-state index in [0.717, 1.165) is 77.2 Å². The maximum atomic E-state index is 12.5. The molecule has 0 spiro atoms. The summed E-state index contributed by atoms with van der Waals surface area (Å²) in [5, 5.41) is 22.9. The topological polar surface area (TPSA) is 59.8 Å². The van der Waals surface area contributed by atoms with Crippen LogP contribution in [0.1, 0.15) is 55.2 Å². The molecule has 5 heteroatoms. The van der Waals surface area contributed by atoms with E-state index in [0.29, 0.717) is 5.75 Å². The van der Waals surface area contributed by atoms with E-state index in [2.05, 4.69) is 26.9 Å². The number of benzene rings is 1. The van der Waals surface area contributed by atoms with Gasteiger partial charge in [-0.1, -0.05) is 12.1 Å². The number of phenolic OH excluding ortho intramolecular Hbond substituents is 1. The van der Waals surface area contributed by atoms with Gasteiger partial charge in [0.15, 0.2) is 0 Å². The molecule has 33 heavy (non-hydrogen) atoms. The number of aryl methyl sites for hydroxylation is 1. The predicted molar refractivity (Wildman–Crippen MR) is 129 cm³/mol. The molecule has 2 aromatic rings. The Bertz CT molecular complexity index is 994. The van der Waals surface area contributed by atoms with Gasteiger partial charge in [-0.2, -0.15) is 0 Å². The lowest BCUT2D eigenvalue weighted by atomic mass is 9.52. The predicted octanol–water partition coefficient (Wildman–Crippen LogP) is 3.53. The summed E-state index contributed by atoms with van der Waals surface area (Å²) < 4.78 is 0. The Morgan fingerprint density at radius 1 is 1.06 bits per heavy atom. The molecule has 5 nitrogen and oxygen atoms in total. The molecular weight excluding hydrogens is 410 g/mol. The van der Waals surface area contributed by atoms with Crippen molar-refractivity contribution in [1.82, 2.24) is 14.8 Å². The van der Waals surface area contributed by atoms with E-state index in [9.17, 15) is 10.2 Å². The summed E-state index contributed by atoms with van der Waals surface area (Å²) in [6, 6.07) is 10.3. The maximum absolute atomic E-state index is 12.5. The molecule has 3 fully saturated rings. The third kappa shape index (κ3) is 3.78. The lowest BCUT2D eigenvalue weighted by Gasteiger charge is -2.61. The number of fused-ring (bicyclic) bond motifs is 1. The third-order valence-electron chi connectivity index (χ3n) is 9.19. The smallest absolute Gasteiger partial charge is 0.115 e. The Morgan fingerprint density at radius 2 is 1.91 bits per heavy atom. The number of pyridine rings is 1. The van der Waals surface area contributed by atoms with Crippen molar-refractivity contribution in [3.8, 4) is 5.75 Å². The van der Waals surface area contributed by atoms with Crippen molar-refractivity contribution in [2.24, 2.45) is 5.92 Å². The van der Waals surface area contributed by atoms with E-state index >= 15 is 0 Å². The minimum atomic E-state index is -0.723. The molecule has 2 N–H and O–H groups in total. The van der Waals surface area contributed by atoms with Crippen molar-refractivity contribution in [3.63, 3.8) is 0 Å². The highest BCUT2D eigenvalue weighted by molar-refractivity contribution is 5.48. The van der Waals surface area contributed by atoms with Gasteiger partial charge in [0.2, 0.25) is 0 Å². The van der Waals surface area contributed by atoms with Crippen LogP contribution < -0.4 is 0 Å². The number of aromatic hydroxyl groups is 1. The summed E-state index contributed by atoms with van der Waals surface area (Å²) in [5.74, 6) is 1.17. The van der Waals surface area contributed by atoms with Crippen molar-refractivity contribution < 1.29 is 10.2 Å². The SMILES string of the molecule is Oc1ccc2c(c1)[C@@]13CCN(CCCc4cccnc4)CC[C@@]1(O)[C@@H](C2)N(CC1CC1)CC3. The van der Waals surface area contributed by atoms with E-state index in [4.69, 9.17) is 0 Å². The van der Waals surface area contributed by atoms with Crippen LogP contribution in [0.3, 0.4) is 0 Å². The van der Waals surface area contributed by atoms with Crippen molar-refractivity contribution in [2.45, 2.75) is 68.4 Å². The number of phenols is 1. The first-order chi connectivity index (χ1) is 16.1. The molecular formula is C28H37N3O2. The van der Waals surface area contributed by atoms with Crippen molar-refractivity contribution in [2.75, 3.05) is 32.7 Å². The quantitative estimate of drug-likeness (QED) is 0.710. The number of likely N-dealkylation sites (tertiary alicyclic amines) is 2. The normalized spacial score (nSPS) is 32.1. The minimum Gasteiger partial charge on any atom is -0.508 e. The van der Waals surface area contributed by atoms with Gasteiger partial charge in [0.25, 0.3) is 0 Å². The van der Waals surface area contributed by atoms with Crippen LogP contribution in [0.2, 0.25) is 0 Å². The average Bonchev–Trinajstić information content (AvgIpc) is 3.65. The molecule has 0 amide bonds. The minimum absolute atomic E-state index is 0.194. The first-order valence-electron chi connectivity index (χ1n) is 13.0. The van der Waals surface area contributed by atoms with Crippen LogP contribution in [0.5, 0.6) is 5.75 Å². The maximum Gasteiger partial charge on any atom is 0.115 e. The average molecular weight is 448 g/mol. The second-order valence-electron chi connectivity index (χ2n) is 11.1. The highest BCUT2D eigenvalue weighted by Crippen LogP contribution is 2.56. The molecule has 3 heterocycles. The fraction of sp³-hybridized carbons (Fsp3) is 0.607. The summed E-state index contributed by atoms with van der Waals surface area (Å²) in [6.45, 7) is 5.24. The lowest BCUT2D eigenvalue weighted by Crippen LogP contribution is -2.71. The number of nitrogens with zero attached hydrogens (tertiary/aromatic N) is 3. The van der Waals surface area contributed by atoms with Gasteiger partial charge in [-0.25, -0.2) is 0 Å². The van der Waals surface area contributed by atoms with Crippen LogP contribution in [0.4, 0.5) is 0 Å². The second kappa shape index (κ2) is 8.37. The Hall–Kier alpha value is -1.95. The second-order valence-corrected chi connectivity index (χ2v) is 11.1. The summed E-state index contributed by atoms with van der Waals surface area (Å²) in [4.78, 5) is 9.45. The Morgan fingerprint density at radius 3 is 2.73 bits per heavy atom. The molecule has 1 saturated carbocycles. The lowest BCUT2D eigenvalue weighted by molar-refractivity contribution is -0.149. The molecule has 0 unspecified atom stereocenters. The fourth-order valence-corrected chi connectivity index (χ4v) is 7.19. The molecule has 3 atom stereocenters. The Balaban J connectivity index is 1.26. The van der Waals surface area contributed by atoms with Gasteiger partial charge in [0.1, 0.15) is 5.75 Å². The summed E-state index contributed by atoms with van der Waals surface area (Å²) in [7, 11) is 0.